The Kier molecular flexibility index (Phi) is 8.18. The molecule has 4 heterocycles. The van der Waals surface area contributed by atoms with Gasteiger partial charge in [0.25, 0.3) is 0 Å². The molecular weight excluding hydrogens is 521 g/mol. The van der Waals surface area contributed by atoms with Gasteiger partial charge < -0.3 is 24.6 Å². The minimum atomic E-state index is -4.56. The molecule has 0 bridgehead atoms. The summed E-state index contributed by atoms with van der Waals surface area (Å²) < 4.78 is 53.5. The molecule has 1 aromatic heterocycles. The molecule has 8 nitrogen and oxygen atoms in total. The van der Waals surface area contributed by atoms with Crippen LogP contribution in [0.1, 0.15) is 30.2 Å². The highest BCUT2D eigenvalue weighted by atomic mass is 35.5. The molecule has 5 rings (SSSR count). The van der Waals surface area contributed by atoms with Crippen LogP contribution in [0.3, 0.4) is 0 Å². The predicted octanol–water partition coefficient (Wildman–Crippen LogP) is 3.61. The molecule has 0 radical (unpaired) electrons. The van der Waals surface area contributed by atoms with Crippen molar-refractivity contribution in [2.45, 2.75) is 44.6 Å². The second-order valence-electron chi connectivity index (χ2n) is 9.94. The Morgan fingerprint density at radius 3 is 2.63 bits per heavy atom. The van der Waals surface area contributed by atoms with Crippen LogP contribution < -0.4 is 19.9 Å². The van der Waals surface area contributed by atoms with Gasteiger partial charge in [-0.3, -0.25) is 4.90 Å². The highest BCUT2D eigenvalue weighted by Crippen LogP contribution is 2.42. The van der Waals surface area contributed by atoms with Gasteiger partial charge in [-0.25, -0.2) is 0 Å². The lowest BCUT2D eigenvalue weighted by atomic mass is 10.0. The van der Waals surface area contributed by atoms with E-state index in [1.54, 1.807) is 18.1 Å². The molecule has 2 fully saturated rings. The predicted molar refractivity (Wildman–Crippen MR) is 140 cm³/mol. The molecule has 208 valence electrons. The number of nitrogens with one attached hydrogen (secondary N) is 1. The molecule has 0 amide bonds. The van der Waals surface area contributed by atoms with Gasteiger partial charge in [-0.05, 0) is 31.5 Å². The molecule has 0 unspecified atom stereocenters. The maximum Gasteiger partial charge on any atom is 0.419 e. The highest BCUT2D eigenvalue weighted by molar-refractivity contribution is 6.31. The number of anilines is 2. The summed E-state index contributed by atoms with van der Waals surface area (Å²) in [7, 11) is 1.73. The number of nitrogens with zero attached hydrogens (tertiary/aromatic N) is 5. The van der Waals surface area contributed by atoms with Crippen molar-refractivity contribution in [2.75, 3.05) is 69.3 Å². The quantitative estimate of drug-likeness (QED) is 0.557. The highest BCUT2D eigenvalue weighted by Gasteiger charge is 2.38. The summed E-state index contributed by atoms with van der Waals surface area (Å²) in [6.07, 6.45) is -3.01. The van der Waals surface area contributed by atoms with E-state index in [2.05, 4.69) is 22.0 Å². The number of rotatable bonds is 7. The molecule has 0 aliphatic carbocycles. The molecular formula is C26H34ClF3N6O2. The Bertz CT molecular complexity index is 1130. The SMILES string of the molecule is CCN1C[C@H](OC)C[C@H]1COc1nc2c(c(N3CCNCC3)n1)CCN(c1cccc(Cl)c1C(F)(F)F)C2. The van der Waals surface area contributed by atoms with E-state index >= 15 is 0 Å². The normalized spacial score (nSPS) is 22.6. The van der Waals surface area contributed by atoms with Crippen LogP contribution >= 0.6 is 11.6 Å². The van der Waals surface area contributed by atoms with E-state index in [0.717, 1.165) is 57.1 Å². The van der Waals surface area contributed by atoms with Crippen LogP contribution in [0.4, 0.5) is 24.7 Å². The first-order chi connectivity index (χ1) is 18.3. The summed E-state index contributed by atoms with van der Waals surface area (Å²) in [5.41, 5.74) is 0.917. The number of likely N-dealkylation sites (N-methyl/N-ethyl adjacent to an activating group) is 1. The van der Waals surface area contributed by atoms with Crippen molar-refractivity contribution < 1.29 is 22.6 Å². The minimum Gasteiger partial charge on any atom is -0.462 e. The summed E-state index contributed by atoms with van der Waals surface area (Å²) in [6, 6.07) is 4.75. The van der Waals surface area contributed by atoms with Crippen molar-refractivity contribution in [2.24, 2.45) is 0 Å². The molecule has 2 atom stereocenters. The third kappa shape index (κ3) is 5.66. The van der Waals surface area contributed by atoms with Crippen LogP contribution in [0.25, 0.3) is 0 Å². The van der Waals surface area contributed by atoms with Crippen molar-refractivity contribution >= 4 is 23.1 Å². The van der Waals surface area contributed by atoms with Gasteiger partial charge in [-0.2, -0.15) is 23.1 Å². The average molecular weight is 555 g/mol. The third-order valence-corrected chi connectivity index (χ3v) is 8.00. The Hall–Kier alpha value is -2.34. The van der Waals surface area contributed by atoms with E-state index in [1.165, 1.54) is 12.1 Å². The second kappa shape index (κ2) is 11.4. The van der Waals surface area contributed by atoms with Crippen molar-refractivity contribution in [3.63, 3.8) is 0 Å². The van der Waals surface area contributed by atoms with E-state index in [4.69, 9.17) is 31.0 Å². The second-order valence-corrected chi connectivity index (χ2v) is 10.3. The van der Waals surface area contributed by atoms with Gasteiger partial charge in [-0.1, -0.05) is 24.6 Å². The number of ether oxygens (including phenoxy) is 2. The van der Waals surface area contributed by atoms with Crippen LogP contribution in [0, 0.1) is 0 Å². The number of hydrogen-bond acceptors (Lipinski definition) is 8. The Morgan fingerprint density at radius 2 is 1.92 bits per heavy atom. The summed E-state index contributed by atoms with van der Waals surface area (Å²) >= 11 is 6.02. The van der Waals surface area contributed by atoms with Gasteiger partial charge in [0.1, 0.15) is 12.4 Å². The molecule has 1 aromatic carbocycles. The third-order valence-electron chi connectivity index (χ3n) is 7.69. The summed E-state index contributed by atoms with van der Waals surface area (Å²) in [4.78, 5) is 15.8. The van der Waals surface area contributed by atoms with Crippen molar-refractivity contribution in [3.8, 4) is 6.01 Å². The fourth-order valence-corrected chi connectivity index (χ4v) is 5.97. The Morgan fingerprint density at radius 1 is 1.13 bits per heavy atom. The number of aromatic nitrogens is 2. The van der Waals surface area contributed by atoms with E-state index in [9.17, 15) is 13.2 Å². The van der Waals surface area contributed by atoms with Crippen LogP contribution in [0.2, 0.25) is 5.02 Å². The van der Waals surface area contributed by atoms with Crippen molar-refractivity contribution in [3.05, 3.63) is 40.0 Å². The molecule has 0 spiro atoms. The average Bonchev–Trinajstić information content (AvgIpc) is 3.33. The number of hydrogen-bond donors (Lipinski definition) is 1. The van der Waals surface area contributed by atoms with Crippen molar-refractivity contribution in [1.29, 1.82) is 0 Å². The first-order valence-corrected chi connectivity index (χ1v) is 13.5. The molecule has 2 saturated heterocycles. The maximum absolute atomic E-state index is 13.9. The molecule has 0 saturated carbocycles. The van der Waals surface area contributed by atoms with Gasteiger partial charge in [-0.15, -0.1) is 0 Å². The van der Waals surface area contributed by atoms with E-state index in [-0.39, 0.29) is 35.4 Å². The lowest BCUT2D eigenvalue weighted by molar-refractivity contribution is -0.137. The largest absolute Gasteiger partial charge is 0.462 e. The van der Waals surface area contributed by atoms with Gasteiger partial charge in [0.2, 0.25) is 0 Å². The van der Waals surface area contributed by atoms with Crippen LogP contribution in [0.15, 0.2) is 18.2 Å². The molecule has 2 aromatic rings. The van der Waals surface area contributed by atoms with Crippen LogP contribution in [-0.2, 0) is 23.9 Å². The fraction of sp³-hybridized carbons (Fsp3) is 0.615. The zero-order valence-electron chi connectivity index (χ0n) is 21.7. The van der Waals surface area contributed by atoms with E-state index in [1.807, 2.05) is 0 Å². The number of alkyl halides is 3. The van der Waals surface area contributed by atoms with Gasteiger partial charge in [0.05, 0.1) is 34.6 Å². The van der Waals surface area contributed by atoms with Crippen LogP contribution in [-0.4, -0.2) is 86.5 Å². The monoisotopic (exact) mass is 554 g/mol. The summed E-state index contributed by atoms with van der Waals surface area (Å²) in [6.45, 7) is 8.16. The lowest BCUT2D eigenvalue weighted by Gasteiger charge is -2.36. The number of methoxy groups -OCH3 is 1. The minimum absolute atomic E-state index is 0.0654. The first-order valence-electron chi connectivity index (χ1n) is 13.1. The van der Waals surface area contributed by atoms with Crippen molar-refractivity contribution in [1.82, 2.24) is 20.2 Å². The van der Waals surface area contributed by atoms with E-state index < -0.39 is 11.7 Å². The zero-order chi connectivity index (χ0) is 26.9. The van der Waals surface area contributed by atoms with E-state index in [0.29, 0.717) is 25.3 Å². The summed E-state index contributed by atoms with van der Waals surface area (Å²) in [5, 5.41) is 3.05. The Labute approximate surface area is 226 Å². The van der Waals surface area contributed by atoms with Gasteiger partial charge in [0.15, 0.2) is 0 Å². The fourth-order valence-electron chi connectivity index (χ4n) is 5.69. The number of benzene rings is 1. The molecule has 38 heavy (non-hydrogen) atoms. The van der Waals surface area contributed by atoms with Gasteiger partial charge >= 0.3 is 12.2 Å². The maximum atomic E-state index is 13.9. The first kappa shape index (κ1) is 27.2. The topological polar surface area (TPSA) is 66.0 Å². The Balaban J connectivity index is 1.44. The number of piperazine rings is 1. The molecule has 3 aliphatic rings. The molecule has 1 N–H and O–H groups in total. The number of fused-ring (bicyclic) bond motifs is 1. The zero-order valence-corrected chi connectivity index (χ0v) is 22.5. The van der Waals surface area contributed by atoms with Crippen LogP contribution in [0.5, 0.6) is 6.01 Å². The lowest BCUT2D eigenvalue weighted by Crippen LogP contribution is -2.45. The smallest absolute Gasteiger partial charge is 0.419 e. The number of likely N-dealkylation sites (tertiary alicyclic amines) is 1. The molecule has 3 aliphatic heterocycles. The standard InChI is InChI=1S/C26H34ClF3N6O2/c1-3-34-14-18(37-2)13-17(34)16-38-25-32-21-15-36(22-6-4-5-20(27)23(22)26(28,29)30)10-7-19(21)24(33-25)35-11-8-31-9-12-35/h4-6,17-18,31H,3,7-16H2,1-2H3/t17-,18+/m0/s1. The molecule has 12 heteroatoms. The summed E-state index contributed by atoms with van der Waals surface area (Å²) in [5.74, 6) is 0.821. The number of halogens is 4. The van der Waals surface area contributed by atoms with Gasteiger partial charge in [0, 0.05) is 58.0 Å².